The summed E-state index contributed by atoms with van der Waals surface area (Å²) in [5.41, 5.74) is 0. The average molecular weight is 283 g/mol. The maximum Gasteiger partial charge on any atom is 0.0451 e. The molecule has 15 heavy (non-hydrogen) atoms. The van der Waals surface area contributed by atoms with Crippen LogP contribution in [0.1, 0.15) is 0 Å². The first-order valence-corrected chi connectivity index (χ1v) is 14.9. The van der Waals surface area contributed by atoms with Crippen molar-refractivity contribution in [2.24, 2.45) is 0 Å². The van der Waals surface area contributed by atoms with Gasteiger partial charge < -0.3 is 0 Å². The molecular formula is C10H26OS2Si2. The Bertz CT molecular complexity index is 146. The molecule has 0 aliphatic heterocycles. The Morgan fingerprint density at radius 3 is 1.33 bits per heavy atom. The zero-order chi connectivity index (χ0) is 11.9. The Kier molecular flexibility index (Phi) is 7.97. The molecule has 92 valence electrons. The van der Waals surface area contributed by atoms with E-state index in [4.69, 9.17) is 3.63 Å². The quantitative estimate of drug-likeness (QED) is 0.353. The lowest BCUT2D eigenvalue weighted by atomic mass is 11.0. The summed E-state index contributed by atoms with van der Waals surface area (Å²) < 4.78 is 5.50. The highest BCUT2D eigenvalue weighted by Gasteiger charge is 2.13. The molecule has 0 bridgehead atoms. The summed E-state index contributed by atoms with van der Waals surface area (Å²) in [6, 6.07) is 2.71. The van der Waals surface area contributed by atoms with Crippen molar-refractivity contribution in [2.45, 2.75) is 51.4 Å². The molecule has 0 radical (unpaired) electrons. The van der Waals surface area contributed by atoms with Crippen LogP contribution in [0.4, 0.5) is 0 Å². The van der Waals surface area contributed by atoms with Crippen LogP contribution >= 0.6 is 24.1 Å². The van der Waals surface area contributed by atoms with Gasteiger partial charge in [-0.1, -0.05) is 39.3 Å². The van der Waals surface area contributed by atoms with E-state index in [-0.39, 0.29) is 0 Å². The first-order valence-electron chi connectivity index (χ1n) is 5.62. The molecule has 0 aliphatic carbocycles. The molecule has 0 rings (SSSR count). The number of rotatable bonds is 8. The molecule has 0 aromatic heterocycles. The second-order valence-electron chi connectivity index (χ2n) is 6.33. The lowest BCUT2D eigenvalue weighted by molar-refractivity contribution is 0.758. The van der Waals surface area contributed by atoms with E-state index >= 15 is 0 Å². The summed E-state index contributed by atoms with van der Waals surface area (Å²) in [5, 5.41) is 0. The molecule has 0 amide bonds. The summed E-state index contributed by atoms with van der Waals surface area (Å²) in [5.74, 6) is 2.32. The van der Waals surface area contributed by atoms with E-state index in [0.29, 0.717) is 0 Å². The third-order valence-corrected chi connectivity index (χ3v) is 7.70. The molecule has 0 unspecified atom stereocenters. The van der Waals surface area contributed by atoms with E-state index in [1.54, 1.807) is 24.1 Å². The molecule has 0 heterocycles. The van der Waals surface area contributed by atoms with E-state index in [1.165, 1.54) is 12.1 Å². The third-order valence-electron chi connectivity index (χ3n) is 1.97. The van der Waals surface area contributed by atoms with Crippen LogP contribution in [-0.4, -0.2) is 27.7 Å². The van der Waals surface area contributed by atoms with Crippen LogP contribution < -0.4 is 0 Å². The zero-order valence-corrected chi connectivity index (χ0v) is 14.7. The minimum atomic E-state index is -0.859. The average Bonchev–Trinajstić information content (AvgIpc) is 1.98. The molecule has 0 saturated carbocycles. The van der Waals surface area contributed by atoms with Crippen LogP contribution in [0.5, 0.6) is 0 Å². The summed E-state index contributed by atoms with van der Waals surface area (Å²) >= 11 is 3.29. The topological polar surface area (TPSA) is 9.23 Å². The molecule has 0 aliphatic rings. The van der Waals surface area contributed by atoms with Gasteiger partial charge in [0.2, 0.25) is 0 Å². The van der Waals surface area contributed by atoms with Crippen molar-refractivity contribution in [3.63, 3.8) is 0 Å². The van der Waals surface area contributed by atoms with Gasteiger partial charge in [-0.25, -0.2) is 3.63 Å². The van der Waals surface area contributed by atoms with Gasteiger partial charge in [-0.15, -0.1) is 0 Å². The van der Waals surface area contributed by atoms with Crippen molar-refractivity contribution in [1.82, 2.24) is 0 Å². The molecule has 5 heteroatoms. The van der Waals surface area contributed by atoms with Crippen LogP contribution in [0.25, 0.3) is 0 Å². The highest BCUT2D eigenvalue weighted by atomic mass is 32.2. The van der Waals surface area contributed by atoms with Gasteiger partial charge in [-0.3, -0.25) is 0 Å². The SMILES string of the molecule is C[Si](C)(C)CCSOSCC[Si](C)(C)C. The molecule has 0 atom stereocenters. The fourth-order valence-electron chi connectivity index (χ4n) is 0.798. The lowest BCUT2D eigenvalue weighted by Crippen LogP contribution is -2.20. The van der Waals surface area contributed by atoms with Crippen LogP contribution in [0.3, 0.4) is 0 Å². The Balaban J connectivity index is 3.20. The van der Waals surface area contributed by atoms with Gasteiger partial charge in [0.1, 0.15) is 0 Å². The summed E-state index contributed by atoms with van der Waals surface area (Å²) in [6.45, 7) is 14.5. The van der Waals surface area contributed by atoms with Gasteiger partial charge in [-0.2, -0.15) is 0 Å². The van der Waals surface area contributed by atoms with Gasteiger partial charge in [0.25, 0.3) is 0 Å². The fraction of sp³-hybridized carbons (Fsp3) is 1.00. The van der Waals surface area contributed by atoms with Gasteiger partial charge in [0.15, 0.2) is 0 Å². The normalized spacial score (nSPS) is 13.2. The van der Waals surface area contributed by atoms with Gasteiger partial charge in [-0.05, 0) is 12.1 Å². The van der Waals surface area contributed by atoms with E-state index < -0.39 is 16.1 Å². The second kappa shape index (κ2) is 7.43. The zero-order valence-electron chi connectivity index (χ0n) is 11.1. The minimum absolute atomic E-state index is 0.859. The van der Waals surface area contributed by atoms with Crippen molar-refractivity contribution in [1.29, 1.82) is 0 Å². The van der Waals surface area contributed by atoms with E-state index in [1.807, 2.05) is 0 Å². The first kappa shape index (κ1) is 16.1. The standard InChI is InChI=1S/C10H26OS2Si2/c1-14(2,3)9-7-12-11-13-8-10-15(4,5)6/h7-10H2,1-6H3. The van der Waals surface area contributed by atoms with Crippen molar-refractivity contribution >= 4 is 40.2 Å². The predicted octanol–water partition coefficient (Wildman–Crippen LogP) is 4.98. The second-order valence-corrected chi connectivity index (χ2v) is 19.4. The Hall–Kier alpha value is 1.09. The van der Waals surface area contributed by atoms with Crippen LogP contribution in [0.15, 0.2) is 0 Å². The maximum absolute atomic E-state index is 5.50. The van der Waals surface area contributed by atoms with Crippen molar-refractivity contribution in [3.05, 3.63) is 0 Å². The molecule has 0 N–H and O–H groups in total. The van der Waals surface area contributed by atoms with Crippen LogP contribution in [0.2, 0.25) is 51.4 Å². The van der Waals surface area contributed by atoms with Gasteiger partial charge in [0, 0.05) is 51.7 Å². The van der Waals surface area contributed by atoms with Crippen molar-refractivity contribution in [2.75, 3.05) is 11.5 Å². The third kappa shape index (κ3) is 15.1. The fourth-order valence-corrected chi connectivity index (χ4v) is 7.18. The molecule has 0 aromatic carbocycles. The van der Waals surface area contributed by atoms with Crippen LogP contribution in [-0.2, 0) is 3.63 Å². The van der Waals surface area contributed by atoms with E-state index in [0.717, 1.165) is 11.5 Å². The molecule has 1 nitrogen and oxygen atoms in total. The van der Waals surface area contributed by atoms with Crippen molar-refractivity contribution < 1.29 is 3.63 Å². The minimum Gasteiger partial charge on any atom is -0.247 e. The summed E-state index contributed by atoms with van der Waals surface area (Å²) in [6.07, 6.45) is 0. The molecule has 0 fully saturated rings. The largest absolute Gasteiger partial charge is 0.247 e. The molecular weight excluding hydrogens is 256 g/mol. The molecule has 0 spiro atoms. The Morgan fingerprint density at radius 2 is 1.07 bits per heavy atom. The van der Waals surface area contributed by atoms with Gasteiger partial charge in [0.05, 0.1) is 0 Å². The molecule has 0 aromatic rings. The maximum atomic E-state index is 5.50. The summed E-state index contributed by atoms with van der Waals surface area (Å²) in [4.78, 5) is 0. The lowest BCUT2D eigenvalue weighted by Gasteiger charge is -2.15. The highest BCUT2D eigenvalue weighted by Crippen LogP contribution is 2.22. The monoisotopic (exact) mass is 282 g/mol. The Labute approximate surface area is 107 Å². The van der Waals surface area contributed by atoms with Crippen molar-refractivity contribution in [3.8, 4) is 0 Å². The number of hydrogen-bond donors (Lipinski definition) is 0. The predicted molar refractivity (Wildman–Crippen MR) is 82.3 cm³/mol. The van der Waals surface area contributed by atoms with Crippen LogP contribution in [0, 0.1) is 0 Å². The van der Waals surface area contributed by atoms with E-state index in [9.17, 15) is 0 Å². The Morgan fingerprint density at radius 1 is 0.733 bits per heavy atom. The van der Waals surface area contributed by atoms with Gasteiger partial charge >= 0.3 is 0 Å². The smallest absolute Gasteiger partial charge is 0.0451 e. The van der Waals surface area contributed by atoms with E-state index in [2.05, 4.69) is 39.3 Å². The summed E-state index contributed by atoms with van der Waals surface area (Å²) in [7, 11) is -1.72. The molecule has 0 saturated heterocycles. The first-order chi connectivity index (χ1) is 6.71. The highest BCUT2D eigenvalue weighted by molar-refractivity contribution is 8.07. The number of hydrogen-bond acceptors (Lipinski definition) is 3.